The zero-order chi connectivity index (χ0) is 21.3. The second-order valence-electron chi connectivity index (χ2n) is 8.39. The molecular weight excluding hydrogens is 401 g/mol. The van der Waals surface area contributed by atoms with Crippen molar-refractivity contribution in [1.29, 1.82) is 0 Å². The number of amides is 2. The number of likely N-dealkylation sites (tertiary alicyclic amines) is 2. The molecule has 0 N–H and O–H groups in total. The molecule has 30 heavy (non-hydrogen) atoms. The Kier molecular flexibility index (Phi) is 6.18. The summed E-state index contributed by atoms with van der Waals surface area (Å²) in [5, 5.41) is 0.732. The summed E-state index contributed by atoms with van der Waals surface area (Å²) in [4.78, 5) is 34.9. The van der Waals surface area contributed by atoms with Gasteiger partial charge in [-0.25, -0.2) is 9.37 Å². The highest BCUT2D eigenvalue weighted by atomic mass is 32.1. The number of halogens is 1. The van der Waals surface area contributed by atoms with Crippen molar-refractivity contribution in [2.75, 3.05) is 26.2 Å². The van der Waals surface area contributed by atoms with Gasteiger partial charge in [-0.2, -0.15) is 0 Å². The van der Waals surface area contributed by atoms with Crippen LogP contribution >= 0.6 is 11.3 Å². The first-order valence-corrected chi connectivity index (χ1v) is 11.6. The van der Waals surface area contributed by atoms with E-state index in [4.69, 9.17) is 0 Å². The van der Waals surface area contributed by atoms with E-state index in [1.54, 1.807) is 12.1 Å². The van der Waals surface area contributed by atoms with Crippen molar-refractivity contribution in [3.8, 4) is 10.6 Å². The Morgan fingerprint density at radius 1 is 1.07 bits per heavy atom. The van der Waals surface area contributed by atoms with Crippen molar-refractivity contribution in [3.63, 3.8) is 0 Å². The summed E-state index contributed by atoms with van der Waals surface area (Å²) in [5.74, 6) is 0.355. The van der Waals surface area contributed by atoms with E-state index in [0.29, 0.717) is 29.6 Å². The molecule has 0 saturated carbocycles. The molecule has 0 radical (unpaired) electrons. The number of benzene rings is 1. The number of nitrogens with zero attached hydrogens (tertiary/aromatic N) is 3. The predicted octanol–water partition coefficient (Wildman–Crippen LogP) is 4.37. The number of piperidine rings is 1. The molecule has 1 aromatic heterocycles. The minimum atomic E-state index is -0.288. The molecule has 1 unspecified atom stereocenters. The van der Waals surface area contributed by atoms with E-state index in [0.717, 1.165) is 49.3 Å². The van der Waals surface area contributed by atoms with E-state index in [1.807, 2.05) is 23.6 Å². The van der Waals surface area contributed by atoms with Gasteiger partial charge in [0.25, 0.3) is 5.91 Å². The van der Waals surface area contributed by atoms with Gasteiger partial charge in [-0.15, -0.1) is 11.3 Å². The largest absolute Gasteiger partial charge is 0.342 e. The first-order valence-electron chi connectivity index (χ1n) is 10.8. The van der Waals surface area contributed by atoms with Gasteiger partial charge in [0.05, 0.1) is 5.69 Å². The lowest BCUT2D eigenvalue weighted by molar-refractivity contribution is -0.136. The zero-order valence-corrected chi connectivity index (χ0v) is 18.4. The minimum absolute atomic E-state index is 0.00957. The highest BCUT2D eigenvalue weighted by molar-refractivity contribution is 7.17. The third-order valence-corrected chi connectivity index (χ3v) is 7.62. The second kappa shape index (κ2) is 8.84. The lowest BCUT2D eigenvalue weighted by Gasteiger charge is -2.35. The Balaban J connectivity index is 1.38. The van der Waals surface area contributed by atoms with Crippen molar-refractivity contribution in [1.82, 2.24) is 14.8 Å². The summed E-state index contributed by atoms with van der Waals surface area (Å²) in [5.41, 5.74) is 1.53. The molecule has 2 fully saturated rings. The van der Waals surface area contributed by atoms with Crippen LogP contribution in [0, 0.1) is 24.6 Å². The quantitative estimate of drug-likeness (QED) is 0.725. The highest BCUT2D eigenvalue weighted by Gasteiger charge is 2.33. The van der Waals surface area contributed by atoms with E-state index in [2.05, 4.69) is 4.98 Å². The molecule has 2 aromatic rings. The van der Waals surface area contributed by atoms with E-state index in [-0.39, 0.29) is 23.5 Å². The average Bonchev–Trinajstić information content (AvgIpc) is 3.43. The number of carbonyl (C=O) groups is 2. The van der Waals surface area contributed by atoms with Crippen LogP contribution in [0.4, 0.5) is 4.39 Å². The molecule has 2 aliphatic rings. The molecule has 2 aliphatic heterocycles. The van der Waals surface area contributed by atoms with E-state index in [9.17, 15) is 14.0 Å². The first-order chi connectivity index (χ1) is 14.4. The van der Waals surface area contributed by atoms with Crippen molar-refractivity contribution in [3.05, 3.63) is 40.7 Å². The van der Waals surface area contributed by atoms with Crippen LogP contribution in [0.1, 0.15) is 48.0 Å². The molecule has 0 spiro atoms. The summed E-state index contributed by atoms with van der Waals surface area (Å²) < 4.78 is 13.2. The van der Waals surface area contributed by atoms with E-state index in [1.165, 1.54) is 23.5 Å². The molecular formula is C23H28FN3O2S. The summed E-state index contributed by atoms with van der Waals surface area (Å²) >= 11 is 1.36. The predicted molar refractivity (Wildman–Crippen MR) is 116 cm³/mol. The van der Waals surface area contributed by atoms with Gasteiger partial charge >= 0.3 is 0 Å². The van der Waals surface area contributed by atoms with Crippen LogP contribution in [-0.2, 0) is 4.79 Å². The van der Waals surface area contributed by atoms with Crippen molar-refractivity contribution in [2.24, 2.45) is 11.8 Å². The molecule has 4 rings (SSSR count). The number of hydrogen-bond donors (Lipinski definition) is 0. The third kappa shape index (κ3) is 4.26. The molecule has 1 aromatic carbocycles. The van der Waals surface area contributed by atoms with E-state index < -0.39 is 0 Å². The molecule has 7 heteroatoms. The Labute approximate surface area is 180 Å². The standard InChI is InChI=1S/C23H28FN3O2S/c1-15(22(28)26-11-3-4-12-26)17-9-13-27(14-10-17)23(29)20-16(2)25-21(30-20)18-5-7-19(24)8-6-18/h5-8,15,17H,3-4,9-14H2,1-2H3. The fraction of sp³-hybridized carbons (Fsp3) is 0.522. The Bertz CT molecular complexity index is 913. The Morgan fingerprint density at radius 3 is 2.33 bits per heavy atom. The maximum absolute atomic E-state index is 13.2. The molecule has 3 heterocycles. The molecule has 2 amide bonds. The Morgan fingerprint density at radius 2 is 1.70 bits per heavy atom. The highest BCUT2D eigenvalue weighted by Crippen LogP contribution is 2.32. The SMILES string of the molecule is Cc1nc(-c2ccc(F)cc2)sc1C(=O)N1CCC(C(C)C(=O)N2CCCC2)CC1. The normalized spacial score (nSPS) is 18.6. The second-order valence-corrected chi connectivity index (χ2v) is 9.39. The number of hydrogen-bond acceptors (Lipinski definition) is 4. The van der Waals surface area contributed by atoms with Gasteiger partial charge in [0.1, 0.15) is 15.7 Å². The minimum Gasteiger partial charge on any atom is -0.342 e. The van der Waals surface area contributed by atoms with Crippen molar-refractivity contribution >= 4 is 23.2 Å². The summed E-state index contributed by atoms with van der Waals surface area (Å²) in [6.45, 7) is 7.02. The fourth-order valence-corrected chi connectivity index (χ4v) is 5.52. The van der Waals surface area contributed by atoms with Crippen LogP contribution < -0.4 is 0 Å². The average molecular weight is 430 g/mol. The van der Waals surface area contributed by atoms with Gasteiger partial charge in [0, 0.05) is 37.7 Å². The monoisotopic (exact) mass is 429 g/mol. The number of thiazole rings is 1. The topological polar surface area (TPSA) is 53.5 Å². The van der Waals surface area contributed by atoms with Crippen molar-refractivity contribution in [2.45, 2.75) is 39.5 Å². The maximum atomic E-state index is 13.2. The molecule has 5 nitrogen and oxygen atoms in total. The van der Waals surface area contributed by atoms with Crippen LogP contribution in [0.25, 0.3) is 10.6 Å². The van der Waals surface area contributed by atoms with Gasteiger partial charge in [-0.05, 0) is 62.8 Å². The first kappa shape index (κ1) is 21.0. The number of aryl methyl sites for hydroxylation is 1. The lowest BCUT2D eigenvalue weighted by Crippen LogP contribution is -2.43. The zero-order valence-electron chi connectivity index (χ0n) is 17.6. The summed E-state index contributed by atoms with van der Waals surface area (Å²) in [6, 6.07) is 6.18. The van der Waals surface area contributed by atoms with Gasteiger partial charge in [-0.1, -0.05) is 6.92 Å². The lowest BCUT2D eigenvalue weighted by atomic mass is 9.84. The van der Waals surface area contributed by atoms with Crippen LogP contribution in [0.2, 0.25) is 0 Å². The molecule has 0 bridgehead atoms. The maximum Gasteiger partial charge on any atom is 0.265 e. The van der Waals surface area contributed by atoms with Gasteiger partial charge < -0.3 is 9.80 Å². The number of carbonyl (C=O) groups excluding carboxylic acids is 2. The molecule has 2 saturated heterocycles. The smallest absolute Gasteiger partial charge is 0.265 e. The van der Waals surface area contributed by atoms with Crippen LogP contribution in [0.15, 0.2) is 24.3 Å². The number of aromatic nitrogens is 1. The third-order valence-electron chi connectivity index (χ3n) is 6.42. The van der Waals surface area contributed by atoms with Crippen LogP contribution in [0.3, 0.4) is 0 Å². The van der Waals surface area contributed by atoms with Gasteiger partial charge in [0.2, 0.25) is 5.91 Å². The summed E-state index contributed by atoms with van der Waals surface area (Å²) in [6.07, 6.45) is 3.93. The molecule has 1 atom stereocenters. The fourth-order valence-electron chi connectivity index (χ4n) is 4.48. The van der Waals surface area contributed by atoms with Gasteiger partial charge in [0.15, 0.2) is 0 Å². The van der Waals surface area contributed by atoms with Crippen LogP contribution in [0.5, 0.6) is 0 Å². The van der Waals surface area contributed by atoms with Crippen molar-refractivity contribution < 1.29 is 14.0 Å². The molecule has 0 aliphatic carbocycles. The number of rotatable bonds is 4. The van der Waals surface area contributed by atoms with Gasteiger partial charge in [-0.3, -0.25) is 9.59 Å². The molecule has 160 valence electrons. The summed E-state index contributed by atoms with van der Waals surface area (Å²) in [7, 11) is 0. The van der Waals surface area contributed by atoms with E-state index >= 15 is 0 Å². The van der Waals surface area contributed by atoms with Crippen LogP contribution in [-0.4, -0.2) is 52.8 Å². The Hall–Kier alpha value is -2.28.